The summed E-state index contributed by atoms with van der Waals surface area (Å²) in [5, 5.41) is 1.32. The molecule has 1 rings (SSSR count). The molecule has 18 heavy (non-hydrogen) atoms. The first-order chi connectivity index (χ1) is 8.58. The molecule has 0 heterocycles. The highest BCUT2D eigenvalue weighted by Crippen LogP contribution is 2.26. The zero-order chi connectivity index (χ0) is 13.5. The second-order valence-electron chi connectivity index (χ2n) is 4.28. The van der Waals surface area contributed by atoms with E-state index in [2.05, 4.69) is 18.2 Å². The largest absolute Gasteiger partial charge is 0.329 e. The van der Waals surface area contributed by atoms with Gasteiger partial charge in [0.15, 0.2) is 0 Å². The third-order valence-electron chi connectivity index (χ3n) is 2.88. The Morgan fingerprint density at radius 3 is 2.39 bits per heavy atom. The second kappa shape index (κ2) is 8.28. The van der Waals surface area contributed by atoms with Crippen molar-refractivity contribution in [2.24, 2.45) is 5.73 Å². The van der Waals surface area contributed by atoms with Crippen molar-refractivity contribution >= 4 is 35.0 Å². The summed E-state index contributed by atoms with van der Waals surface area (Å²) in [6.45, 7) is 1.58. The zero-order valence-electron chi connectivity index (χ0n) is 10.8. The monoisotopic (exact) mass is 306 g/mol. The first-order valence-electron chi connectivity index (χ1n) is 5.93. The minimum Gasteiger partial charge on any atom is -0.329 e. The Balaban J connectivity index is 2.74. The van der Waals surface area contributed by atoms with Crippen molar-refractivity contribution in [2.75, 3.05) is 32.1 Å². The van der Waals surface area contributed by atoms with Crippen molar-refractivity contribution in [3.05, 3.63) is 33.8 Å². The number of benzene rings is 1. The van der Waals surface area contributed by atoms with Gasteiger partial charge in [0, 0.05) is 22.6 Å². The lowest BCUT2D eigenvalue weighted by molar-refractivity contribution is 0.251. The van der Waals surface area contributed by atoms with E-state index in [0.29, 0.717) is 16.6 Å². The Morgan fingerprint density at radius 1 is 1.28 bits per heavy atom. The van der Waals surface area contributed by atoms with E-state index in [1.807, 2.05) is 23.9 Å². The number of nitrogens with two attached hydrogens (primary N) is 1. The molecule has 1 unspecified atom stereocenters. The number of likely N-dealkylation sites (N-methyl/N-ethyl adjacent to an activating group) is 1. The van der Waals surface area contributed by atoms with Crippen LogP contribution in [0.1, 0.15) is 18.0 Å². The van der Waals surface area contributed by atoms with Gasteiger partial charge in [-0.1, -0.05) is 23.2 Å². The van der Waals surface area contributed by atoms with E-state index < -0.39 is 0 Å². The number of halogens is 2. The van der Waals surface area contributed by atoms with Gasteiger partial charge in [0.2, 0.25) is 0 Å². The lowest BCUT2D eigenvalue weighted by Gasteiger charge is -2.27. The molecular weight excluding hydrogens is 287 g/mol. The van der Waals surface area contributed by atoms with Crippen LogP contribution in [-0.4, -0.2) is 37.0 Å². The van der Waals surface area contributed by atoms with E-state index in [4.69, 9.17) is 28.9 Å². The minimum atomic E-state index is 0.169. The molecule has 102 valence electrons. The Labute approximate surface area is 124 Å². The van der Waals surface area contributed by atoms with Gasteiger partial charge in [-0.15, -0.1) is 0 Å². The summed E-state index contributed by atoms with van der Waals surface area (Å²) in [4.78, 5) is 2.26. The minimum absolute atomic E-state index is 0.169. The Morgan fingerprint density at radius 2 is 1.89 bits per heavy atom. The normalized spacial score (nSPS) is 13.0. The molecule has 0 bridgehead atoms. The summed E-state index contributed by atoms with van der Waals surface area (Å²) in [5.41, 5.74) is 6.96. The third-order valence-corrected chi connectivity index (χ3v) is 4.02. The van der Waals surface area contributed by atoms with E-state index in [0.717, 1.165) is 24.3 Å². The van der Waals surface area contributed by atoms with Crippen molar-refractivity contribution in [1.82, 2.24) is 4.90 Å². The van der Waals surface area contributed by atoms with Gasteiger partial charge in [-0.25, -0.2) is 0 Å². The molecular formula is C13H20Cl2N2S. The maximum atomic E-state index is 6.04. The van der Waals surface area contributed by atoms with Gasteiger partial charge in [0.05, 0.1) is 0 Å². The Hall–Kier alpha value is 0.0700. The van der Waals surface area contributed by atoms with Crippen LogP contribution in [0.15, 0.2) is 18.2 Å². The molecule has 0 amide bonds. The maximum absolute atomic E-state index is 6.04. The van der Waals surface area contributed by atoms with Gasteiger partial charge in [-0.2, -0.15) is 11.8 Å². The zero-order valence-corrected chi connectivity index (χ0v) is 13.2. The van der Waals surface area contributed by atoms with Crippen molar-refractivity contribution < 1.29 is 0 Å². The third kappa shape index (κ3) is 4.98. The van der Waals surface area contributed by atoms with Crippen LogP contribution in [-0.2, 0) is 0 Å². The van der Waals surface area contributed by atoms with E-state index in [1.54, 1.807) is 6.07 Å². The Kier molecular flexibility index (Phi) is 7.42. The van der Waals surface area contributed by atoms with E-state index >= 15 is 0 Å². The molecule has 0 radical (unpaired) electrons. The summed E-state index contributed by atoms with van der Waals surface area (Å²) >= 11 is 13.9. The number of hydrogen-bond donors (Lipinski definition) is 1. The van der Waals surface area contributed by atoms with Crippen LogP contribution >= 0.6 is 35.0 Å². The average molecular weight is 307 g/mol. The molecule has 0 fully saturated rings. The number of rotatable bonds is 7. The maximum Gasteiger partial charge on any atom is 0.0468 e. The fourth-order valence-electron chi connectivity index (χ4n) is 1.95. The molecule has 1 aromatic carbocycles. The molecule has 2 N–H and O–H groups in total. The quantitative estimate of drug-likeness (QED) is 0.779. The van der Waals surface area contributed by atoms with Crippen LogP contribution in [0, 0.1) is 0 Å². The summed E-state index contributed by atoms with van der Waals surface area (Å²) in [5.74, 6) is 1.16. The molecule has 0 aliphatic carbocycles. The van der Waals surface area contributed by atoms with Crippen LogP contribution in [0.5, 0.6) is 0 Å². The first-order valence-corrected chi connectivity index (χ1v) is 8.08. The predicted molar refractivity (Wildman–Crippen MR) is 83.9 cm³/mol. The van der Waals surface area contributed by atoms with Crippen LogP contribution in [0.2, 0.25) is 10.0 Å². The van der Waals surface area contributed by atoms with Gasteiger partial charge in [-0.05, 0) is 55.8 Å². The number of hydrogen-bond acceptors (Lipinski definition) is 3. The molecule has 0 spiro atoms. The van der Waals surface area contributed by atoms with Crippen LogP contribution in [0.4, 0.5) is 0 Å². The average Bonchev–Trinajstić information content (AvgIpc) is 2.29. The van der Waals surface area contributed by atoms with Gasteiger partial charge in [-0.3, -0.25) is 4.90 Å². The topological polar surface area (TPSA) is 29.3 Å². The van der Waals surface area contributed by atoms with E-state index in [1.165, 1.54) is 0 Å². The molecule has 0 saturated carbocycles. The molecule has 0 saturated heterocycles. The van der Waals surface area contributed by atoms with Crippen LogP contribution < -0.4 is 5.73 Å². The summed E-state index contributed by atoms with van der Waals surface area (Å²) in [6, 6.07) is 5.79. The summed E-state index contributed by atoms with van der Waals surface area (Å²) < 4.78 is 0. The summed E-state index contributed by atoms with van der Waals surface area (Å²) in [6.07, 6.45) is 3.28. The van der Waals surface area contributed by atoms with Crippen LogP contribution in [0.25, 0.3) is 0 Å². The van der Waals surface area contributed by atoms with E-state index in [-0.39, 0.29) is 6.04 Å². The first kappa shape index (κ1) is 16.1. The fourth-order valence-corrected chi connectivity index (χ4v) is 2.91. The molecule has 0 aliphatic heterocycles. The highest BCUT2D eigenvalue weighted by molar-refractivity contribution is 7.98. The summed E-state index contributed by atoms with van der Waals surface area (Å²) in [7, 11) is 2.09. The Bertz CT molecular complexity index is 354. The van der Waals surface area contributed by atoms with Gasteiger partial charge in [0.25, 0.3) is 0 Å². The highest BCUT2D eigenvalue weighted by Gasteiger charge is 2.16. The van der Waals surface area contributed by atoms with Crippen molar-refractivity contribution in [2.45, 2.75) is 12.5 Å². The molecule has 1 atom stereocenters. The SMILES string of the molecule is CSCCCN(C)C(CN)c1cc(Cl)cc(Cl)c1. The van der Waals surface area contributed by atoms with Crippen molar-refractivity contribution in [3.8, 4) is 0 Å². The second-order valence-corrected chi connectivity index (χ2v) is 6.14. The molecule has 0 aliphatic rings. The van der Waals surface area contributed by atoms with Gasteiger partial charge in [0.1, 0.15) is 0 Å². The fraction of sp³-hybridized carbons (Fsp3) is 0.538. The molecule has 5 heteroatoms. The van der Waals surface area contributed by atoms with Crippen molar-refractivity contribution in [3.63, 3.8) is 0 Å². The van der Waals surface area contributed by atoms with Gasteiger partial charge < -0.3 is 5.73 Å². The standard InChI is InChI=1S/C13H20Cl2N2S/c1-17(4-3-5-18-2)13(9-16)10-6-11(14)8-12(15)7-10/h6-8,13H,3-5,9,16H2,1-2H3. The lowest BCUT2D eigenvalue weighted by atomic mass is 10.1. The molecule has 1 aromatic rings. The van der Waals surface area contributed by atoms with Gasteiger partial charge >= 0.3 is 0 Å². The number of nitrogens with zero attached hydrogens (tertiary/aromatic N) is 1. The van der Waals surface area contributed by atoms with E-state index in [9.17, 15) is 0 Å². The molecule has 0 aromatic heterocycles. The lowest BCUT2D eigenvalue weighted by Crippen LogP contribution is -2.31. The predicted octanol–water partition coefficient (Wildman–Crippen LogP) is 3.68. The highest BCUT2D eigenvalue weighted by atomic mass is 35.5. The molecule has 2 nitrogen and oxygen atoms in total. The smallest absolute Gasteiger partial charge is 0.0468 e. The van der Waals surface area contributed by atoms with Crippen LogP contribution in [0.3, 0.4) is 0 Å². The van der Waals surface area contributed by atoms with Crippen molar-refractivity contribution in [1.29, 1.82) is 0 Å². The number of thioether (sulfide) groups is 1.